The molecule has 182 valence electrons. The molecule has 0 radical (unpaired) electrons. The van der Waals surface area contributed by atoms with Crippen molar-refractivity contribution < 1.29 is 14.2 Å². The summed E-state index contributed by atoms with van der Waals surface area (Å²) in [5, 5.41) is 6.82. The van der Waals surface area contributed by atoms with Crippen LogP contribution in [0.5, 0.6) is 17.2 Å². The van der Waals surface area contributed by atoms with E-state index < -0.39 is 0 Å². The maximum Gasteiger partial charge on any atom is 0.203 e. The molecule has 0 unspecified atom stereocenters. The van der Waals surface area contributed by atoms with Crippen LogP contribution in [0.25, 0.3) is 0 Å². The van der Waals surface area contributed by atoms with E-state index in [1.807, 2.05) is 12.1 Å². The molecule has 0 bridgehead atoms. The number of methoxy groups -OCH3 is 3. The molecule has 2 N–H and O–H groups in total. The molecule has 8 heteroatoms. The van der Waals surface area contributed by atoms with Crippen molar-refractivity contribution in [1.82, 2.24) is 15.5 Å². The van der Waals surface area contributed by atoms with Gasteiger partial charge in [-0.25, -0.2) is 0 Å². The fourth-order valence-electron chi connectivity index (χ4n) is 4.07. The second kappa shape index (κ2) is 14.1. The Balaban J connectivity index is 0.00000385. The van der Waals surface area contributed by atoms with Crippen LogP contribution in [0.3, 0.4) is 0 Å². The highest BCUT2D eigenvalue weighted by atomic mass is 127. The molecule has 1 aliphatic heterocycles. The third-order valence-corrected chi connectivity index (χ3v) is 5.82. The molecule has 1 heterocycles. The van der Waals surface area contributed by atoms with Gasteiger partial charge in [-0.2, -0.15) is 0 Å². The lowest BCUT2D eigenvalue weighted by atomic mass is 10.0. The number of guanidine groups is 1. The number of hydrogen-bond acceptors (Lipinski definition) is 5. The van der Waals surface area contributed by atoms with Gasteiger partial charge >= 0.3 is 0 Å². The lowest BCUT2D eigenvalue weighted by molar-refractivity contribution is 0.220. The van der Waals surface area contributed by atoms with Crippen LogP contribution in [0.4, 0.5) is 0 Å². The number of halogens is 1. The summed E-state index contributed by atoms with van der Waals surface area (Å²) < 4.78 is 16.3. The molecule has 3 rings (SSSR count). The summed E-state index contributed by atoms with van der Waals surface area (Å²) in [7, 11) is 6.63. The molecule has 33 heavy (non-hydrogen) atoms. The fraction of sp³-hybridized carbons (Fsp3) is 0.480. The average Bonchev–Trinajstić information content (AvgIpc) is 2.84. The predicted molar refractivity (Wildman–Crippen MR) is 144 cm³/mol. The largest absolute Gasteiger partial charge is 0.493 e. The molecule has 2 aromatic rings. The number of benzene rings is 2. The quantitative estimate of drug-likeness (QED) is 0.269. The van der Waals surface area contributed by atoms with Crippen LogP contribution >= 0.6 is 24.0 Å². The van der Waals surface area contributed by atoms with E-state index in [4.69, 9.17) is 14.2 Å². The van der Waals surface area contributed by atoms with Gasteiger partial charge < -0.3 is 24.8 Å². The highest BCUT2D eigenvalue weighted by molar-refractivity contribution is 14.0. The Kier molecular flexibility index (Phi) is 11.6. The van der Waals surface area contributed by atoms with Crippen molar-refractivity contribution >= 4 is 29.9 Å². The zero-order valence-electron chi connectivity index (χ0n) is 20.1. The molecular weight excluding hydrogens is 531 g/mol. The van der Waals surface area contributed by atoms with Crippen LogP contribution in [-0.4, -0.2) is 52.3 Å². The number of rotatable bonds is 9. The van der Waals surface area contributed by atoms with Gasteiger partial charge in [-0.3, -0.25) is 9.89 Å². The predicted octanol–water partition coefficient (Wildman–Crippen LogP) is 4.18. The Morgan fingerprint density at radius 1 is 0.879 bits per heavy atom. The van der Waals surface area contributed by atoms with Gasteiger partial charge in [0.1, 0.15) is 0 Å². The Labute approximate surface area is 214 Å². The van der Waals surface area contributed by atoms with Gasteiger partial charge in [0, 0.05) is 26.7 Å². The first-order valence-corrected chi connectivity index (χ1v) is 11.2. The molecule has 1 aliphatic rings. The van der Waals surface area contributed by atoms with E-state index in [2.05, 4.69) is 44.8 Å². The highest BCUT2D eigenvalue weighted by Crippen LogP contribution is 2.38. The highest BCUT2D eigenvalue weighted by Gasteiger charge is 2.14. The minimum absolute atomic E-state index is 0. The second-order valence-electron chi connectivity index (χ2n) is 7.92. The smallest absolute Gasteiger partial charge is 0.203 e. The SMILES string of the molecule is CN=C(NCc1cc(OC)c(OC)c(OC)c1)NCc1ccccc1CN1CCCCC1.I. The minimum atomic E-state index is 0. The van der Waals surface area contributed by atoms with Crippen molar-refractivity contribution in [1.29, 1.82) is 0 Å². The first-order chi connectivity index (χ1) is 15.7. The van der Waals surface area contributed by atoms with Crippen molar-refractivity contribution in [2.75, 3.05) is 41.5 Å². The summed E-state index contributed by atoms with van der Waals surface area (Å²) >= 11 is 0. The zero-order valence-corrected chi connectivity index (χ0v) is 22.5. The van der Waals surface area contributed by atoms with Crippen molar-refractivity contribution in [3.05, 3.63) is 53.1 Å². The van der Waals surface area contributed by atoms with Gasteiger partial charge in [-0.15, -0.1) is 24.0 Å². The van der Waals surface area contributed by atoms with Gasteiger partial charge in [0.25, 0.3) is 0 Å². The van der Waals surface area contributed by atoms with Crippen LogP contribution in [0.2, 0.25) is 0 Å². The molecule has 0 atom stereocenters. The second-order valence-corrected chi connectivity index (χ2v) is 7.92. The number of piperidine rings is 1. The van der Waals surface area contributed by atoms with Gasteiger partial charge in [-0.05, 0) is 54.8 Å². The Morgan fingerprint density at radius 2 is 1.48 bits per heavy atom. The van der Waals surface area contributed by atoms with E-state index in [1.54, 1.807) is 28.4 Å². The number of ether oxygens (including phenoxy) is 3. The monoisotopic (exact) mass is 568 g/mol. The summed E-state index contributed by atoms with van der Waals surface area (Å²) in [6.07, 6.45) is 3.96. The van der Waals surface area contributed by atoms with Gasteiger partial charge in [0.2, 0.25) is 5.75 Å². The zero-order chi connectivity index (χ0) is 22.8. The summed E-state index contributed by atoms with van der Waals surface area (Å²) in [6, 6.07) is 12.5. The van der Waals surface area contributed by atoms with E-state index in [9.17, 15) is 0 Å². The summed E-state index contributed by atoms with van der Waals surface area (Å²) in [6.45, 7) is 4.69. The Bertz CT molecular complexity index is 876. The van der Waals surface area contributed by atoms with Crippen molar-refractivity contribution in [2.45, 2.75) is 38.9 Å². The Morgan fingerprint density at radius 3 is 2.06 bits per heavy atom. The minimum Gasteiger partial charge on any atom is -0.493 e. The maximum atomic E-state index is 5.45. The van der Waals surface area contributed by atoms with Crippen LogP contribution in [0.1, 0.15) is 36.0 Å². The molecule has 2 aromatic carbocycles. The summed E-state index contributed by atoms with van der Waals surface area (Å²) in [5.41, 5.74) is 3.68. The van der Waals surface area contributed by atoms with Crippen molar-refractivity contribution in [3.63, 3.8) is 0 Å². The first-order valence-electron chi connectivity index (χ1n) is 11.2. The first kappa shape index (κ1) is 27.0. The summed E-state index contributed by atoms with van der Waals surface area (Å²) in [5.74, 6) is 2.61. The van der Waals surface area contributed by atoms with Crippen molar-refractivity contribution in [2.24, 2.45) is 4.99 Å². The van der Waals surface area contributed by atoms with Crippen LogP contribution < -0.4 is 24.8 Å². The molecule has 0 amide bonds. The molecule has 0 saturated carbocycles. The molecule has 0 spiro atoms. The van der Waals surface area contributed by atoms with Gasteiger partial charge in [0.05, 0.1) is 21.3 Å². The van der Waals surface area contributed by atoms with E-state index in [-0.39, 0.29) is 24.0 Å². The normalized spacial score (nSPS) is 14.2. The molecule has 7 nitrogen and oxygen atoms in total. The summed E-state index contributed by atoms with van der Waals surface area (Å²) in [4.78, 5) is 6.93. The molecule has 1 saturated heterocycles. The third kappa shape index (κ3) is 7.67. The lowest BCUT2D eigenvalue weighted by Crippen LogP contribution is -2.36. The molecular formula is C25H37IN4O3. The number of nitrogens with one attached hydrogen (secondary N) is 2. The van der Waals surface area contributed by atoms with Crippen molar-refractivity contribution in [3.8, 4) is 17.2 Å². The Hall–Kier alpha value is -2.20. The third-order valence-electron chi connectivity index (χ3n) is 5.82. The van der Waals surface area contributed by atoms with Crippen LogP contribution in [-0.2, 0) is 19.6 Å². The molecule has 0 aliphatic carbocycles. The number of likely N-dealkylation sites (tertiary alicyclic amines) is 1. The van der Waals surface area contributed by atoms with E-state index in [0.29, 0.717) is 23.8 Å². The van der Waals surface area contributed by atoms with E-state index >= 15 is 0 Å². The average molecular weight is 569 g/mol. The maximum absolute atomic E-state index is 5.45. The van der Waals surface area contributed by atoms with Gasteiger partial charge in [-0.1, -0.05) is 30.7 Å². The van der Waals surface area contributed by atoms with Crippen LogP contribution in [0, 0.1) is 0 Å². The fourth-order valence-corrected chi connectivity index (χ4v) is 4.07. The molecule has 0 aromatic heterocycles. The number of nitrogens with zero attached hydrogens (tertiary/aromatic N) is 2. The number of aliphatic imine (C=N–C) groups is 1. The van der Waals surface area contributed by atoms with E-state index in [0.717, 1.165) is 24.6 Å². The van der Waals surface area contributed by atoms with Gasteiger partial charge in [0.15, 0.2) is 17.5 Å². The topological polar surface area (TPSA) is 67.4 Å². The molecule has 1 fully saturated rings. The number of hydrogen-bond donors (Lipinski definition) is 2. The van der Waals surface area contributed by atoms with E-state index in [1.165, 1.54) is 43.5 Å². The van der Waals surface area contributed by atoms with Crippen LogP contribution in [0.15, 0.2) is 41.4 Å². The lowest BCUT2D eigenvalue weighted by Gasteiger charge is -2.27. The standard InChI is InChI=1S/C25H36N4O3.HI/c1-26-25(27-16-19-14-22(30-2)24(32-4)23(15-19)31-3)28-17-20-10-6-7-11-21(20)18-29-12-8-5-9-13-29;/h6-7,10-11,14-15H,5,8-9,12-13,16-18H2,1-4H3,(H2,26,27,28);1H.